The second kappa shape index (κ2) is 5.80. The van der Waals surface area contributed by atoms with Crippen molar-refractivity contribution in [2.75, 3.05) is 32.9 Å². The molecule has 2 atom stereocenters. The standard InChI is InChI=1S/C12H22N2O3/c1-9(2)5-11-13-6-12(15)14(11)7-10-8-16-3-4-17-10/h9-11,13H,3-8H2,1-2H3. The first kappa shape index (κ1) is 12.8. The van der Waals surface area contributed by atoms with Gasteiger partial charge in [-0.3, -0.25) is 10.1 Å². The highest BCUT2D eigenvalue weighted by Crippen LogP contribution is 2.16. The highest BCUT2D eigenvalue weighted by atomic mass is 16.6. The van der Waals surface area contributed by atoms with E-state index in [0.717, 1.165) is 6.42 Å². The SMILES string of the molecule is CC(C)CC1NCC(=O)N1CC1COCCO1. The molecule has 98 valence electrons. The molecule has 2 aliphatic heterocycles. The van der Waals surface area contributed by atoms with Gasteiger partial charge in [0.1, 0.15) is 0 Å². The number of carbonyl (C=O) groups excluding carboxylic acids is 1. The van der Waals surface area contributed by atoms with E-state index in [0.29, 0.717) is 38.8 Å². The van der Waals surface area contributed by atoms with Gasteiger partial charge in [-0.15, -0.1) is 0 Å². The number of rotatable bonds is 4. The van der Waals surface area contributed by atoms with Gasteiger partial charge in [0.15, 0.2) is 0 Å². The second-order valence-electron chi connectivity index (χ2n) is 5.14. The van der Waals surface area contributed by atoms with E-state index in [4.69, 9.17) is 9.47 Å². The van der Waals surface area contributed by atoms with E-state index in [1.807, 2.05) is 4.90 Å². The van der Waals surface area contributed by atoms with Gasteiger partial charge < -0.3 is 14.4 Å². The van der Waals surface area contributed by atoms with Crippen molar-refractivity contribution >= 4 is 5.91 Å². The van der Waals surface area contributed by atoms with E-state index in [9.17, 15) is 4.79 Å². The van der Waals surface area contributed by atoms with Gasteiger partial charge in [0.2, 0.25) is 5.91 Å². The molecule has 0 bridgehead atoms. The Kier molecular flexibility index (Phi) is 4.36. The summed E-state index contributed by atoms with van der Waals surface area (Å²) in [5.74, 6) is 0.745. The minimum atomic E-state index is 0.0299. The summed E-state index contributed by atoms with van der Waals surface area (Å²) in [6.07, 6.45) is 1.18. The molecular weight excluding hydrogens is 220 g/mol. The number of carbonyl (C=O) groups is 1. The zero-order valence-corrected chi connectivity index (χ0v) is 10.6. The Morgan fingerprint density at radius 1 is 1.47 bits per heavy atom. The molecule has 0 saturated carbocycles. The third kappa shape index (κ3) is 3.40. The fourth-order valence-corrected chi connectivity index (χ4v) is 2.34. The van der Waals surface area contributed by atoms with Crippen molar-refractivity contribution in [2.24, 2.45) is 5.92 Å². The lowest BCUT2D eigenvalue weighted by molar-refractivity contribution is -0.135. The van der Waals surface area contributed by atoms with Crippen LogP contribution in [0.3, 0.4) is 0 Å². The summed E-state index contributed by atoms with van der Waals surface area (Å²) in [7, 11) is 0. The van der Waals surface area contributed by atoms with Crippen LogP contribution in [-0.2, 0) is 14.3 Å². The van der Waals surface area contributed by atoms with Gasteiger partial charge in [-0.05, 0) is 12.3 Å². The van der Waals surface area contributed by atoms with Crippen LogP contribution in [0.25, 0.3) is 0 Å². The summed E-state index contributed by atoms with van der Waals surface area (Å²) >= 11 is 0. The molecule has 2 rings (SSSR count). The number of amides is 1. The van der Waals surface area contributed by atoms with Gasteiger partial charge in [-0.25, -0.2) is 0 Å². The van der Waals surface area contributed by atoms with Crippen LogP contribution in [0.5, 0.6) is 0 Å². The van der Waals surface area contributed by atoms with Gasteiger partial charge >= 0.3 is 0 Å². The third-order valence-electron chi connectivity index (χ3n) is 3.17. The summed E-state index contributed by atoms with van der Waals surface area (Å²) < 4.78 is 11.0. The van der Waals surface area contributed by atoms with Crippen LogP contribution in [-0.4, -0.2) is 56.0 Å². The van der Waals surface area contributed by atoms with Crippen LogP contribution in [0.2, 0.25) is 0 Å². The molecule has 1 amide bonds. The van der Waals surface area contributed by atoms with Crippen LogP contribution in [0.15, 0.2) is 0 Å². The molecule has 2 heterocycles. The molecule has 17 heavy (non-hydrogen) atoms. The molecule has 0 radical (unpaired) electrons. The molecule has 2 unspecified atom stereocenters. The number of ether oxygens (including phenoxy) is 2. The smallest absolute Gasteiger partial charge is 0.237 e. The monoisotopic (exact) mass is 242 g/mol. The Morgan fingerprint density at radius 2 is 2.29 bits per heavy atom. The summed E-state index contributed by atoms with van der Waals surface area (Å²) in [6, 6.07) is 0. The average Bonchev–Trinajstić information content (AvgIpc) is 2.62. The molecule has 0 aromatic carbocycles. The molecule has 5 nitrogen and oxygen atoms in total. The number of nitrogens with one attached hydrogen (secondary N) is 1. The fourth-order valence-electron chi connectivity index (χ4n) is 2.34. The molecule has 2 fully saturated rings. The van der Waals surface area contributed by atoms with E-state index in [1.165, 1.54) is 0 Å². The molecule has 1 N–H and O–H groups in total. The summed E-state index contributed by atoms with van der Waals surface area (Å²) in [5, 5.41) is 3.26. The normalized spacial score (nSPS) is 30.3. The quantitative estimate of drug-likeness (QED) is 0.765. The number of nitrogens with zero attached hydrogens (tertiary/aromatic N) is 1. The van der Waals surface area contributed by atoms with Gasteiger partial charge in [-0.1, -0.05) is 13.8 Å². The molecule has 0 aliphatic carbocycles. The lowest BCUT2D eigenvalue weighted by Gasteiger charge is -2.31. The maximum Gasteiger partial charge on any atom is 0.237 e. The van der Waals surface area contributed by atoms with Crippen LogP contribution in [0.1, 0.15) is 20.3 Å². The molecule has 2 aliphatic rings. The van der Waals surface area contributed by atoms with Gasteiger partial charge in [0.25, 0.3) is 0 Å². The summed E-state index contributed by atoms with van der Waals surface area (Å²) in [4.78, 5) is 13.7. The lowest BCUT2D eigenvalue weighted by atomic mass is 10.1. The molecule has 5 heteroatoms. The Morgan fingerprint density at radius 3 is 2.94 bits per heavy atom. The zero-order valence-electron chi connectivity index (χ0n) is 10.6. The molecular formula is C12H22N2O3. The van der Waals surface area contributed by atoms with Crippen molar-refractivity contribution < 1.29 is 14.3 Å². The summed E-state index contributed by atoms with van der Waals surface area (Å²) in [6.45, 7) is 7.32. The Labute approximate surface area is 102 Å². The van der Waals surface area contributed by atoms with Crippen molar-refractivity contribution in [3.8, 4) is 0 Å². The maximum absolute atomic E-state index is 11.8. The maximum atomic E-state index is 11.8. The summed E-state index contributed by atoms with van der Waals surface area (Å²) in [5.41, 5.74) is 0. The van der Waals surface area contributed by atoms with Crippen LogP contribution in [0, 0.1) is 5.92 Å². The molecule has 0 aromatic heterocycles. The van der Waals surface area contributed by atoms with Crippen molar-refractivity contribution in [1.29, 1.82) is 0 Å². The van der Waals surface area contributed by atoms with Gasteiger partial charge in [0, 0.05) is 0 Å². The van der Waals surface area contributed by atoms with E-state index < -0.39 is 0 Å². The van der Waals surface area contributed by atoms with Crippen molar-refractivity contribution in [2.45, 2.75) is 32.5 Å². The first-order valence-electron chi connectivity index (χ1n) is 6.39. The topological polar surface area (TPSA) is 50.8 Å². The van der Waals surface area contributed by atoms with E-state index in [1.54, 1.807) is 0 Å². The van der Waals surface area contributed by atoms with Crippen molar-refractivity contribution in [1.82, 2.24) is 10.2 Å². The predicted molar refractivity (Wildman–Crippen MR) is 63.5 cm³/mol. The predicted octanol–water partition coefficient (Wildman–Crippen LogP) is 0.206. The van der Waals surface area contributed by atoms with Crippen LogP contribution < -0.4 is 5.32 Å². The molecule has 2 saturated heterocycles. The molecule has 0 aromatic rings. The lowest BCUT2D eigenvalue weighted by Crippen LogP contribution is -2.46. The number of hydrogen-bond donors (Lipinski definition) is 1. The Bertz CT molecular complexity index is 264. The Balaban J connectivity index is 1.88. The minimum Gasteiger partial charge on any atom is -0.376 e. The van der Waals surface area contributed by atoms with E-state index in [-0.39, 0.29) is 18.2 Å². The fraction of sp³-hybridized carbons (Fsp3) is 0.917. The second-order valence-corrected chi connectivity index (χ2v) is 5.14. The van der Waals surface area contributed by atoms with Gasteiger partial charge in [-0.2, -0.15) is 0 Å². The highest BCUT2D eigenvalue weighted by molar-refractivity contribution is 5.80. The van der Waals surface area contributed by atoms with Crippen molar-refractivity contribution in [3.63, 3.8) is 0 Å². The van der Waals surface area contributed by atoms with E-state index >= 15 is 0 Å². The van der Waals surface area contributed by atoms with Crippen LogP contribution >= 0.6 is 0 Å². The first-order chi connectivity index (χ1) is 8.16. The third-order valence-corrected chi connectivity index (χ3v) is 3.17. The highest BCUT2D eigenvalue weighted by Gasteiger charge is 2.33. The minimum absolute atomic E-state index is 0.0299. The largest absolute Gasteiger partial charge is 0.376 e. The number of hydrogen-bond acceptors (Lipinski definition) is 4. The van der Waals surface area contributed by atoms with Gasteiger partial charge in [0.05, 0.1) is 45.2 Å². The Hall–Kier alpha value is -0.650. The average molecular weight is 242 g/mol. The zero-order chi connectivity index (χ0) is 12.3. The van der Waals surface area contributed by atoms with Crippen LogP contribution in [0.4, 0.5) is 0 Å². The van der Waals surface area contributed by atoms with Crippen molar-refractivity contribution in [3.05, 3.63) is 0 Å². The first-order valence-corrected chi connectivity index (χ1v) is 6.39. The van der Waals surface area contributed by atoms with E-state index in [2.05, 4.69) is 19.2 Å². The molecule has 0 spiro atoms.